The van der Waals surface area contributed by atoms with Crippen LogP contribution in [0.15, 0.2) is 35.1 Å². The number of aliphatic hydroxyl groups excluding tert-OH is 1. The van der Waals surface area contributed by atoms with Gasteiger partial charge < -0.3 is 14.8 Å². The van der Waals surface area contributed by atoms with Crippen LogP contribution < -0.4 is 5.32 Å². The number of anilines is 1. The highest BCUT2D eigenvalue weighted by Gasteiger charge is 2.04. The Balaban J connectivity index is 1.99. The number of rotatable bonds is 5. The molecular formula is C11H12ClN3O2. The minimum Gasteiger partial charge on any atom is -0.423 e. The molecule has 1 unspecified atom stereocenters. The van der Waals surface area contributed by atoms with E-state index in [1.165, 1.54) is 6.39 Å². The van der Waals surface area contributed by atoms with Gasteiger partial charge in [0.05, 0.1) is 12.0 Å². The van der Waals surface area contributed by atoms with E-state index in [9.17, 15) is 5.11 Å². The standard InChI is InChI=1S/C11H12ClN3O2/c12-5-10(16)6-13-9-3-1-8(2-4-9)11-15-14-7-17-11/h1-4,7,10,13,16H,5-6H2. The summed E-state index contributed by atoms with van der Waals surface area (Å²) in [7, 11) is 0. The molecule has 1 aromatic carbocycles. The Hall–Kier alpha value is -1.59. The highest BCUT2D eigenvalue weighted by molar-refractivity contribution is 6.18. The van der Waals surface area contributed by atoms with Gasteiger partial charge in [0.1, 0.15) is 0 Å². The van der Waals surface area contributed by atoms with Crippen LogP contribution in [0.1, 0.15) is 0 Å². The lowest BCUT2D eigenvalue weighted by Gasteiger charge is -2.09. The van der Waals surface area contributed by atoms with Crippen LogP contribution in [0.3, 0.4) is 0 Å². The fraction of sp³-hybridized carbons (Fsp3) is 0.273. The fourth-order valence-corrected chi connectivity index (χ4v) is 1.43. The molecule has 90 valence electrons. The maximum absolute atomic E-state index is 9.30. The molecule has 0 spiro atoms. The van der Waals surface area contributed by atoms with E-state index < -0.39 is 6.10 Å². The number of nitrogens with one attached hydrogen (secondary N) is 1. The summed E-state index contributed by atoms with van der Waals surface area (Å²) in [6, 6.07) is 7.48. The average molecular weight is 254 g/mol. The van der Waals surface area contributed by atoms with Crippen LogP contribution in [0.4, 0.5) is 5.69 Å². The van der Waals surface area contributed by atoms with Crippen molar-refractivity contribution in [3.05, 3.63) is 30.7 Å². The van der Waals surface area contributed by atoms with Gasteiger partial charge in [0.15, 0.2) is 0 Å². The zero-order chi connectivity index (χ0) is 12.1. The van der Waals surface area contributed by atoms with E-state index in [2.05, 4.69) is 15.5 Å². The Labute approximate surface area is 103 Å². The van der Waals surface area contributed by atoms with Gasteiger partial charge in [-0.1, -0.05) is 0 Å². The lowest BCUT2D eigenvalue weighted by molar-refractivity contribution is 0.211. The molecule has 0 saturated carbocycles. The number of nitrogens with zero attached hydrogens (tertiary/aromatic N) is 2. The van der Waals surface area contributed by atoms with Crippen LogP contribution in [0.2, 0.25) is 0 Å². The van der Waals surface area contributed by atoms with Gasteiger partial charge in [0.2, 0.25) is 12.3 Å². The predicted octanol–water partition coefficient (Wildman–Crippen LogP) is 1.75. The van der Waals surface area contributed by atoms with Gasteiger partial charge >= 0.3 is 0 Å². The number of halogens is 1. The van der Waals surface area contributed by atoms with E-state index in [4.69, 9.17) is 16.0 Å². The summed E-state index contributed by atoms with van der Waals surface area (Å²) in [5, 5.41) is 19.8. The topological polar surface area (TPSA) is 71.2 Å². The minimum atomic E-state index is -0.549. The normalized spacial score (nSPS) is 12.4. The predicted molar refractivity (Wildman–Crippen MR) is 65.0 cm³/mol. The molecule has 0 radical (unpaired) electrons. The van der Waals surface area contributed by atoms with Crippen molar-refractivity contribution < 1.29 is 9.52 Å². The summed E-state index contributed by atoms with van der Waals surface area (Å²) in [5.74, 6) is 0.699. The van der Waals surface area contributed by atoms with Crippen LogP contribution in [0, 0.1) is 0 Å². The maximum Gasteiger partial charge on any atom is 0.247 e. The molecule has 2 rings (SSSR count). The Morgan fingerprint density at radius 1 is 1.35 bits per heavy atom. The molecule has 1 aromatic heterocycles. The molecule has 17 heavy (non-hydrogen) atoms. The Bertz CT molecular complexity index is 444. The summed E-state index contributed by atoms with van der Waals surface area (Å²) >= 11 is 5.49. The van der Waals surface area contributed by atoms with Crippen LogP contribution in [-0.4, -0.2) is 33.8 Å². The fourth-order valence-electron chi connectivity index (χ4n) is 1.32. The number of alkyl halides is 1. The van der Waals surface area contributed by atoms with E-state index in [1.807, 2.05) is 24.3 Å². The van der Waals surface area contributed by atoms with Crippen molar-refractivity contribution in [2.45, 2.75) is 6.10 Å². The van der Waals surface area contributed by atoms with E-state index in [0.717, 1.165) is 11.3 Å². The zero-order valence-electron chi connectivity index (χ0n) is 9.01. The number of hydrogen-bond acceptors (Lipinski definition) is 5. The summed E-state index contributed by atoms with van der Waals surface area (Å²) in [4.78, 5) is 0. The van der Waals surface area contributed by atoms with Crippen molar-refractivity contribution >= 4 is 17.3 Å². The van der Waals surface area contributed by atoms with Crippen molar-refractivity contribution in [2.75, 3.05) is 17.7 Å². The molecule has 2 N–H and O–H groups in total. The molecule has 0 fully saturated rings. The first-order valence-electron chi connectivity index (χ1n) is 5.14. The van der Waals surface area contributed by atoms with Gasteiger partial charge in [-0.2, -0.15) is 0 Å². The molecule has 0 aliphatic heterocycles. The van der Waals surface area contributed by atoms with Crippen molar-refractivity contribution in [1.82, 2.24) is 10.2 Å². The van der Waals surface area contributed by atoms with Gasteiger partial charge in [0.25, 0.3) is 0 Å². The number of benzene rings is 1. The SMILES string of the molecule is OC(CCl)CNc1ccc(-c2nnco2)cc1. The summed E-state index contributed by atoms with van der Waals surface area (Å²) in [6.07, 6.45) is 0.741. The molecule has 2 aromatic rings. The van der Waals surface area contributed by atoms with Gasteiger partial charge in [0, 0.05) is 17.8 Å². The Kier molecular flexibility index (Phi) is 3.95. The minimum absolute atomic E-state index is 0.215. The summed E-state index contributed by atoms with van der Waals surface area (Å²) in [5.41, 5.74) is 1.75. The number of aromatic nitrogens is 2. The Morgan fingerprint density at radius 2 is 2.12 bits per heavy atom. The monoisotopic (exact) mass is 253 g/mol. The highest BCUT2D eigenvalue weighted by atomic mass is 35.5. The number of hydrogen-bond donors (Lipinski definition) is 2. The van der Waals surface area contributed by atoms with E-state index in [0.29, 0.717) is 12.4 Å². The molecule has 0 aliphatic rings. The molecule has 0 aliphatic carbocycles. The van der Waals surface area contributed by atoms with Crippen LogP contribution >= 0.6 is 11.6 Å². The molecule has 0 saturated heterocycles. The van der Waals surface area contributed by atoms with E-state index in [1.54, 1.807) is 0 Å². The van der Waals surface area contributed by atoms with Gasteiger partial charge in [-0.15, -0.1) is 21.8 Å². The third-order valence-electron chi connectivity index (χ3n) is 2.21. The van der Waals surface area contributed by atoms with E-state index in [-0.39, 0.29) is 5.88 Å². The molecule has 6 heteroatoms. The second-order valence-corrected chi connectivity index (χ2v) is 3.82. The first-order valence-corrected chi connectivity index (χ1v) is 5.67. The smallest absolute Gasteiger partial charge is 0.247 e. The molecule has 0 amide bonds. The second kappa shape index (κ2) is 5.65. The molecule has 0 bridgehead atoms. The van der Waals surface area contributed by atoms with Crippen LogP contribution in [0.5, 0.6) is 0 Å². The number of aliphatic hydroxyl groups is 1. The first-order chi connectivity index (χ1) is 8.29. The summed E-state index contributed by atoms with van der Waals surface area (Å²) in [6.45, 7) is 0.420. The van der Waals surface area contributed by atoms with E-state index >= 15 is 0 Å². The molecule has 5 nitrogen and oxygen atoms in total. The average Bonchev–Trinajstić information content (AvgIpc) is 2.90. The second-order valence-electron chi connectivity index (χ2n) is 3.51. The molecule has 1 heterocycles. The quantitative estimate of drug-likeness (QED) is 0.795. The first kappa shape index (κ1) is 11.9. The lowest BCUT2D eigenvalue weighted by Crippen LogP contribution is -2.20. The molecule has 1 atom stereocenters. The third-order valence-corrected chi connectivity index (χ3v) is 2.57. The maximum atomic E-state index is 9.30. The van der Waals surface area contributed by atoms with Crippen molar-refractivity contribution in [3.8, 4) is 11.5 Å². The van der Waals surface area contributed by atoms with Crippen molar-refractivity contribution in [2.24, 2.45) is 0 Å². The van der Waals surface area contributed by atoms with Crippen molar-refractivity contribution in [1.29, 1.82) is 0 Å². The molecular weight excluding hydrogens is 242 g/mol. The van der Waals surface area contributed by atoms with Gasteiger partial charge in [-0.25, -0.2) is 0 Å². The zero-order valence-corrected chi connectivity index (χ0v) is 9.76. The van der Waals surface area contributed by atoms with Crippen LogP contribution in [0.25, 0.3) is 11.5 Å². The van der Waals surface area contributed by atoms with Crippen molar-refractivity contribution in [3.63, 3.8) is 0 Å². The van der Waals surface area contributed by atoms with Crippen LogP contribution in [-0.2, 0) is 0 Å². The largest absolute Gasteiger partial charge is 0.423 e. The van der Waals surface area contributed by atoms with Gasteiger partial charge in [-0.3, -0.25) is 0 Å². The summed E-state index contributed by atoms with van der Waals surface area (Å²) < 4.78 is 5.07. The van der Waals surface area contributed by atoms with Gasteiger partial charge in [-0.05, 0) is 24.3 Å². The lowest BCUT2D eigenvalue weighted by atomic mass is 10.2. The highest BCUT2D eigenvalue weighted by Crippen LogP contribution is 2.18. The Morgan fingerprint density at radius 3 is 2.71 bits per heavy atom. The third kappa shape index (κ3) is 3.18.